The van der Waals surface area contributed by atoms with E-state index in [2.05, 4.69) is 22.8 Å². The van der Waals surface area contributed by atoms with Crippen molar-refractivity contribution < 1.29 is 14.3 Å². The van der Waals surface area contributed by atoms with Gasteiger partial charge in [0.2, 0.25) is 12.7 Å². The predicted molar refractivity (Wildman–Crippen MR) is 91.5 cm³/mol. The molecule has 0 unspecified atom stereocenters. The minimum atomic E-state index is 0. The molecule has 2 aliphatic rings. The quantitative estimate of drug-likeness (QED) is 0.864. The largest absolute Gasteiger partial charge is 0.454 e. The highest BCUT2D eigenvalue weighted by Gasteiger charge is 2.35. The number of nitrogens with one attached hydrogen (secondary N) is 2. The first-order chi connectivity index (χ1) is 10.7. The topological polar surface area (TPSA) is 59.6 Å². The van der Waals surface area contributed by atoms with Crippen LogP contribution in [0.2, 0.25) is 0 Å². The zero-order valence-electron chi connectivity index (χ0n) is 13.5. The Morgan fingerprint density at radius 3 is 2.65 bits per heavy atom. The van der Waals surface area contributed by atoms with E-state index < -0.39 is 0 Å². The van der Waals surface area contributed by atoms with E-state index in [9.17, 15) is 4.79 Å². The molecule has 128 valence electrons. The number of likely N-dealkylation sites (N-methyl/N-ethyl adjacent to an activating group) is 1. The Bertz CT molecular complexity index is 545. The van der Waals surface area contributed by atoms with Crippen LogP contribution < -0.4 is 20.1 Å². The molecule has 3 rings (SSSR count). The van der Waals surface area contributed by atoms with Crippen molar-refractivity contribution in [1.82, 2.24) is 10.6 Å². The second-order valence-electron chi connectivity index (χ2n) is 6.22. The van der Waals surface area contributed by atoms with Crippen molar-refractivity contribution in [3.05, 3.63) is 23.8 Å². The molecule has 0 bridgehead atoms. The first-order valence-corrected chi connectivity index (χ1v) is 8.05. The van der Waals surface area contributed by atoms with Gasteiger partial charge < -0.3 is 20.1 Å². The van der Waals surface area contributed by atoms with Crippen LogP contribution in [-0.4, -0.2) is 32.8 Å². The summed E-state index contributed by atoms with van der Waals surface area (Å²) >= 11 is 0. The van der Waals surface area contributed by atoms with Gasteiger partial charge in [-0.1, -0.05) is 25.3 Å². The number of carbonyl (C=O) groups is 1. The van der Waals surface area contributed by atoms with Gasteiger partial charge in [-0.25, -0.2) is 0 Å². The average molecular weight is 341 g/mol. The molecule has 0 radical (unpaired) electrons. The molecule has 1 aromatic carbocycles. The summed E-state index contributed by atoms with van der Waals surface area (Å²) in [4.78, 5) is 11.8. The van der Waals surface area contributed by atoms with Gasteiger partial charge in [-0.05, 0) is 37.6 Å². The second-order valence-corrected chi connectivity index (χ2v) is 6.22. The smallest absolute Gasteiger partial charge is 0.233 e. The Labute approximate surface area is 143 Å². The van der Waals surface area contributed by atoms with Crippen molar-refractivity contribution in [3.63, 3.8) is 0 Å². The van der Waals surface area contributed by atoms with Crippen LogP contribution in [0.4, 0.5) is 0 Å². The monoisotopic (exact) mass is 340 g/mol. The Morgan fingerprint density at radius 1 is 1.17 bits per heavy atom. The number of fused-ring (bicyclic) bond motifs is 1. The zero-order chi connectivity index (χ0) is 15.4. The fourth-order valence-corrected chi connectivity index (χ4v) is 3.51. The minimum absolute atomic E-state index is 0. The summed E-state index contributed by atoms with van der Waals surface area (Å²) in [6, 6.07) is 6.21. The number of carbonyl (C=O) groups excluding carboxylic acids is 1. The van der Waals surface area contributed by atoms with Gasteiger partial charge in [0.1, 0.15) is 0 Å². The molecular formula is C17H25ClN2O3. The van der Waals surface area contributed by atoms with Crippen LogP contribution in [0.3, 0.4) is 0 Å². The lowest BCUT2D eigenvalue weighted by molar-refractivity contribution is -0.120. The number of halogens is 1. The molecule has 1 amide bonds. The van der Waals surface area contributed by atoms with E-state index in [0.717, 1.165) is 24.3 Å². The summed E-state index contributed by atoms with van der Waals surface area (Å²) in [7, 11) is 1.79. The first kappa shape index (κ1) is 17.9. The maximum atomic E-state index is 11.8. The van der Waals surface area contributed by atoms with Gasteiger partial charge >= 0.3 is 0 Å². The highest BCUT2D eigenvalue weighted by atomic mass is 35.5. The molecule has 0 saturated heterocycles. The lowest BCUT2D eigenvalue weighted by atomic mass is 9.69. The Balaban J connectivity index is 0.00000192. The van der Waals surface area contributed by atoms with Crippen LogP contribution in [0.15, 0.2) is 18.2 Å². The van der Waals surface area contributed by atoms with Gasteiger partial charge in [-0.3, -0.25) is 4.79 Å². The van der Waals surface area contributed by atoms with Crippen LogP contribution in [0.25, 0.3) is 0 Å². The van der Waals surface area contributed by atoms with E-state index in [4.69, 9.17) is 9.47 Å². The molecule has 2 N–H and O–H groups in total. The van der Waals surface area contributed by atoms with Gasteiger partial charge in [0.05, 0.1) is 6.54 Å². The average Bonchev–Trinajstić information content (AvgIpc) is 3.02. The maximum absolute atomic E-state index is 11.8. The Hall–Kier alpha value is -1.46. The number of benzene rings is 1. The molecule has 5 nitrogen and oxygen atoms in total. The van der Waals surface area contributed by atoms with Crippen molar-refractivity contribution in [3.8, 4) is 11.5 Å². The summed E-state index contributed by atoms with van der Waals surface area (Å²) in [5.41, 5.74) is 1.27. The van der Waals surface area contributed by atoms with Gasteiger partial charge in [-0.15, -0.1) is 12.4 Å². The van der Waals surface area contributed by atoms with Crippen molar-refractivity contribution in [2.75, 3.05) is 26.9 Å². The summed E-state index contributed by atoms with van der Waals surface area (Å²) in [6.45, 7) is 1.34. The number of hydrogen-bond acceptors (Lipinski definition) is 4. The van der Waals surface area contributed by atoms with Crippen LogP contribution >= 0.6 is 12.4 Å². The standard InChI is InChI=1S/C17H24N2O3.ClH/c1-18-10-16(20)19-11-17(7-3-2-4-8-17)13-5-6-14-15(9-13)22-12-21-14;/h5-6,9,18H,2-4,7-8,10-12H2,1H3,(H,19,20);1H. The lowest BCUT2D eigenvalue weighted by Gasteiger charge is -2.38. The molecule has 1 heterocycles. The van der Waals surface area contributed by atoms with Crippen molar-refractivity contribution in [2.24, 2.45) is 0 Å². The highest BCUT2D eigenvalue weighted by Crippen LogP contribution is 2.43. The van der Waals surface area contributed by atoms with E-state index in [1.54, 1.807) is 7.05 Å². The first-order valence-electron chi connectivity index (χ1n) is 8.05. The number of ether oxygens (including phenoxy) is 2. The van der Waals surface area contributed by atoms with Crippen molar-refractivity contribution >= 4 is 18.3 Å². The summed E-state index contributed by atoms with van der Waals surface area (Å²) in [5, 5.41) is 5.98. The Morgan fingerprint density at radius 2 is 1.91 bits per heavy atom. The molecule has 6 heteroatoms. The van der Waals surface area contributed by atoms with Gasteiger partial charge in [0.15, 0.2) is 11.5 Å². The minimum Gasteiger partial charge on any atom is -0.454 e. The number of amides is 1. The van der Waals surface area contributed by atoms with E-state index in [0.29, 0.717) is 19.9 Å². The second kappa shape index (κ2) is 7.88. The van der Waals surface area contributed by atoms with Crippen LogP contribution in [0, 0.1) is 0 Å². The maximum Gasteiger partial charge on any atom is 0.233 e. The third-order valence-electron chi connectivity index (χ3n) is 4.76. The van der Waals surface area contributed by atoms with E-state index in [1.807, 2.05) is 6.07 Å². The van der Waals surface area contributed by atoms with Crippen molar-refractivity contribution in [1.29, 1.82) is 0 Å². The summed E-state index contributed by atoms with van der Waals surface area (Å²) in [5.74, 6) is 1.69. The SMILES string of the molecule is CNCC(=O)NCC1(c2ccc3c(c2)OCO3)CCCCC1.Cl. The zero-order valence-corrected chi connectivity index (χ0v) is 14.3. The van der Waals surface area contributed by atoms with Crippen molar-refractivity contribution in [2.45, 2.75) is 37.5 Å². The van der Waals surface area contributed by atoms with Crippen LogP contribution in [0.5, 0.6) is 11.5 Å². The molecule has 1 aliphatic carbocycles. The number of hydrogen-bond donors (Lipinski definition) is 2. The molecule has 23 heavy (non-hydrogen) atoms. The van der Waals surface area contributed by atoms with Gasteiger partial charge in [0, 0.05) is 12.0 Å². The number of rotatable bonds is 5. The predicted octanol–water partition coefficient (Wildman–Crippen LogP) is 2.37. The molecule has 1 aromatic rings. The van der Waals surface area contributed by atoms with Crippen LogP contribution in [-0.2, 0) is 10.2 Å². The normalized spacial score (nSPS) is 18.1. The lowest BCUT2D eigenvalue weighted by Crippen LogP contribution is -2.44. The molecule has 1 saturated carbocycles. The van der Waals surface area contributed by atoms with E-state index in [1.165, 1.54) is 24.8 Å². The molecular weight excluding hydrogens is 316 g/mol. The van der Waals surface area contributed by atoms with Gasteiger partial charge in [-0.2, -0.15) is 0 Å². The molecule has 1 fully saturated rings. The third kappa shape index (κ3) is 3.90. The highest BCUT2D eigenvalue weighted by molar-refractivity contribution is 5.85. The molecule has 0 spiro atoms. The van der Waals surface area contributed by atoms with E-state index >= 15 is 0 Å². The fourth-order valence-electron chi connectivity index (χ4n) is 3.51. The fraction of sp³-hybridized carbons (Fsp3) is 0.588. The molecule has 1 aliphatic heterocycles. The summed E-state index contributed by atoms with van der Waals surface area (Å²) in [6.07, 6.45) is 5.89. The Kier molecular flexibility index (Phi) is 6.13. The summed E-state index contributed by atoms with van der Waals surface area (Å²) < 4.78 is 10.9. The van der Waals surface area contributed by atoms with Crippen LogP contribution in [0.1, 0.15) is 37.7 Å². The third-order valence-corrected chi connectivity index (χ3v) is 4.76. The molecule has 0 atom stereocenters. The molecule has 0 aromatic heterocycles. The van der Waals surface area contributed by atoms with E-state index in [-0.39, 0.29) is 23.7 Å². The van der Waals surface area contributed by atoms with Gasteiger partial charge in [0.25, 0.3) is 0 Å².